The molecule has 1 aliphatic rings. The maximum Gasteiger partial charge on any atom is 0.270 e. The molecule has 0 aliphatic carbocycles. The molecule has 3 rings (SSSR count). The number of nitro groups is 1. The van der Waals surface area contributed by atoms with Crippen LogP contribution in [0.2, 0.25) is 0 Å². The molecule has 0 bridgehead atoms. The van der Waals surface area contributed by atoms with E-state index in [-0.39, 0.29) is 35.9 Å². The number of phenolic OH excluding ortho intramolecular Hbond substituents is 1. The van der Waals surface area contributed by atoms with Gasteiger partial charge in [-0.05, 0) is 30.3 Å². The molecule has 10 nitrogen and oxygen atoms in total. The monoisotopic (exact) mass is 398 g/mol. The number of hydrogen-bond acceptors (Lipinski definition) is 7. The van der Waals surface area contributed by atoms with Crippen LogP contribution in [0.15, 0.2) is 47.6 Å². The van der Waals surface area contributed by atoms with E-state index in [9.17, 15) is 24.8 Å². The van der Waals surface area contributed by atoms with Crippen LogP contribution in [0.5, 0.6) is 11.5 Å². The first-order valence-corrected chi connectivity index (χ1v) is 8.64. The number of ether oxygens (including phenoxy) is 1. The second-order valence-corrected chi connectivity index (χ2v) is 6.34. The van der Waals surface area contributed by atoms with E-state index in [4.69, 9.17) is 4.74 Å². The Morgan fingerprint density at radius 2 is 2.07 bits per heavy atom. The van der Waals surface area contributed by atoms with E-state index >= 15 is 0 Å². The summed E-state index contributed by atoms with van der Waals surface area (Å²) < 4.78 is 5.09. The number of amides is 2. The molecule has 0 radical (unpaired) electrons. The van der Waals surface area contributed by atoms with Gasteiger partial charge in [-0.15, -0.1) is 0 Å². The summed E-state index contributed by atoms with van der Waals surface area (Å²) in [7, 11) is 1.55. The Bertz CT molecular complexity index is 973. The number of carbonyl (C=O) groups is 2. The summed E-state index contributed by atoms with van der Waals surface area (Å²) in [6, 6.07) is 10.4. The minimum atomic E-state index is -0.604. The van der Waals surface area contributed by atoms with E-state index in [0.29, 0.717) is 11.4 Å². The van der Waals surface area contributed by atoms with Gasteiger partial charge in [-0.2, -0.15) is 5.10 Å². The molecule has 0 spiro atoms. The molecule has 2 amide bonds. The molecule has 2 aromatic carbocycles. The number of nitrogens with one attached hydrogen (secondary N) is 1. The Morgan fingerprint density at radius 1 is 1.34 bits per heavy atom. The highest BCUT2D eigenvalue weighted by Crippen LogP contribution is 2.27. The number of non-ortho nitro benzene ring substituents is 1. The summed E-state index contributed by atoms with van der Waals surface area (Å²) in [4.78, 5) is 36.3. The lowest BCUT2D eigenvalue weighted by molar-refractivity contribution is -0.384. The Hall–Kier alpha value is -3.95. The molecular formula is C19H18N4O6. The van der Waals surface area contributed by atoms with Crippen molar-refractivity contribution in [2.75, 3.05) is 18.6 Å². The maximum absolute atomic E-state index is 12.3. The zero-order valence-corrected chi connectivity index (χ0v) is 15.4. The summed E-state index contributed by atoms with van der Waals surface area (Å²) in [6.45, 7) is 0.203. The molecule has 29 heavy (non-hydrogen) atoms. The van der Waals surface area contributed by atoms with Gasteiger partial charge < -0.3 is 14.7 Å². The van der Waals surface area contributed by atoms with Gasteiger partial charge in [0.25, 0.3) is 5.69 Å². The van der Waals surface area contributed by atoms with Crippen LogP contribution in [-0.2, 0) is 9.59 Å². The van der Waals surface area contributed by atoms with Gasteiger partial charge in [-0.25, -0.2) is 5.43 Å². The summed E-state index contributed by atoms with van der Waals surface area (Å²) in [5, 5.41) is 24.3. The minimum Gasteiger partial charge on any atom is -0.507 e. The molecule has 1 fully saturated rings. The Morgan fingerprint density at radius 3 is 2.72 bits per heavy atom. The van der Waals surface area contributed by atoms with Crippen LogP contribution < -0.4 is 15.1 Å². The number of hydrazone groups is 1. The Kier molecular flexibility index (Phi) is 5.72. The predicted octanol–water partition coefficient (Wildman–Crippen LogP) is 1.81. The highest BCUT2D eigenvalue weighted by molar-refractivity contribution is 6.00. The second kappa shape index (κ2) is 8.38. The smallest absolute Gasteiger partial charge is 0.270 e. The van der Waals surface area contributed by atoms with Crippen LogP contribution >= 0.6 is 0 Å². The number of aromatic hydroxyl groups is 1. The van der Waals surface area contributed by atoms with Gasteiger partial charge in [-0.1, -0.05) is 0 Å². The van der Waals surface area contributed by atoms with Crippen molar-refractivity contribution in [1.29, 1.82) is 0 Å². The normalized spacial score (nSPS) is 16.2. The standard InChI is InChI=1S/C19H18N4O6/c1-29-16-5-2-14(3-6-16)22-11-13(9-18(22)25)19(26)21-20-10-12-8-15(23(27)28)4-7-17(12)24/h2-8,10,13,24H,9,11H2,1H3,(H,21,26)/b20-10+. The van der Waals surface area contributed by atoms with E-state index in [1.54, 1.807) is 31.4 Å². The topological polar surface area (TPSA) is 134 Å². The molecule has 150 valence electrons. The molecule has 2 N–H and O–H groups in total. The van der Waals surface area contributed by atoms with Crippen LogP contribution in [0.4, 0.5) is 11.4 Å². The molecule has 2 aromatic rings. The van der Waals surface area contributed by atoms with Gasteiger partial charge in [0.05, 0.1) is 24.2 Å². The van der Waals surface area contributed by atoms with Crippen molar-refractivity contribution < 1.29 is 24.4 Å². The lowest BCUT2D eigenvalue weighted by Crippen LogP contribution is -2.30. The number of benzene rings is 2. The summed E-state index contributed by atoms with van der Waals surface area (Å²) in [6.07, 6.45) is 1.15. The highest BCUT2D eigenvalue weighted by Gasteiger charge is 2.35. The zero-order valence-electron chi connectivity index (χ0n) is 15.4. The van der Waals surface area contributed by atoms with Crippen molar-refractivity contribution in [1.82, 2.24) is 5.43 Å². The number of rotatable bonds is 6. The molecule has 1 atom stereocenters. The largest absolute Gasteiger partial charge is 0.507 e. The summed E-state index contributed by atoms with van der Waals surface area (Å²) in [5.41, 5.74) is 2.84. The van der Waals surface area contributed by atoms with Gasteiger partial charge in [0.15, 0.2) is 0 Å². The van der Waals surface area contributed by atoms with Crippen molar-refractivity contribution in [3.8, 4) is 11.5 Å². The highest BCUT2D eigenvalue weighted by atomic mass is 16.6. The summed E-state index contributed by atoms with van der Waals surface area (Å²) >= 11 is 0. The van der Waals surface area contributed by atoms with Gasteiger partial charge in [-0.3, -0.25) is 19.7 Å². The quantitative estimate of drug-likeness (QED) is 0.433. The Labute approximate surface area is 165 Å². The fourth-order valence-corrected chi connectivity index (χ4v) is 2.91. The maximum atomic E-state index is 12.3. The van der Waals surface area contributed by atoms with Gasteiger partial charge in [0.1, 0.15) is 11.5 Å². The second-order valence-electron chi connectivity index (χ2n) is 6.34. The fraction of sp³-hybridized carbons (Fsp3) is 0.211. The third-order valence-corrected chi connectivity index (χ3v) is 4.48. The molecule has 1 saturated heterocycles. The van der Waals surface area contributed by atoms with E-state index in [1.807, 2.05) is 0 Å². The van der Waals surface area contributed by atoms with Crippen LogP contribution in [0.25, 0.3) is 0 Å². The average Bonchev–Trinajstić information content (AvgIpc) is 3.11. The predicted molar refractivity (Wildman–Crippen MR) is 104 cm³/mol. The lowest BCUT2D eigenvalue weighted by atomic mass is 10.1. The van der Waals surface area contributed by atoms with Gasteiger partial charge in [0, 0.05) is 36.3 Å². The van der Waals surface area contributed by atoms with Gasteiger partial charge >= 0.3 is 0 Å². The number of nitro benzene ring substituents is 1. The van der Waals surface area contributed by atoms with E-state index in [0.717, 1.165) is 18.3 Å². The van der Waals surface area contributed by atoms with E-state index in [2.05, 4.69) is 10.5 Å². The molecule has 10 heteroatoms. The Balaban J connectivity index is 1.63. The van der Waals surface area contributed by atoms with Gasteiger partial charge in [0.2, 0.25) is 11.8 Å². The lowest BCUT2D eigenvalue weighted by Gasteiger charge is -2.16. The molecule has 1 unspecified atom stereocenters. The van der Waals surface area contributed by atoms with Crippen LogP contribution in [0, 0.1) is 16.0 Å². The first-order chi connectivity index (χ1) is 13.9. The third kappa shape index (κ3) is 4.49. The average molecular weight is 398 g/mol. The number of phenols is 1. The number of anilines is 1. The number of carbonyl (C=O) groups excluding carboxylic acids is 2. The molecule has 0 aromatic heterocycles. The summed E-state index contributed by atoms with van der Waals surface area (Å²) in [5.74, 6) is -0.796. The zero-order chi connectivity index (χ0) is 21.0. The number of nitrogens with zero attached hydrogens (tertiary/aromatic N) is 3. The van der Waals surface area contributed by atoms with Crippen LogP contribution in [0.1, 0.15) is 12.0 Å². The van der Waals surface area contributed by atoms with E-state index < -0.39 is 16.7 Å². The SMILES string of the molecule is COc1ccc(N2CC(C(=O)N/N=C/c3cc([N+](=O)[O-])ccc3O)CC2=O)cc1. The first-order valence-electron chi connectivity index (χ1n) is 8.64. The minimum absolute atomic E-state index is 0.0371. The fourth-order valence-electron chi connectivity index (χ4n) is 2.91. The first kappa shape index (κ1) is 19.8. The molecular weight excluding hydrogens is 380 g/mol. The molecule has 1 heterocycles. The van der Waals surface area contributed by atoms with Crippen molar-refractivity contribution in [3.63, 3.8) is 0 Å². The van der Waals surface area contributed by atoms with Crippen molar-refractivity contribution in [2.24, 2.45) is 11.0 Å². The van der Waals surface area contributed by atoms with Crippen molar-refractivity contribution in [3.05, 3.63) is 58.1 Å². The van der Waals surface area contributed by atoms with E-state index in [1.165, 1.54) is 11.0 Å². The molecule has 1 aliphatic heterocycles. The van der Waals surface area contributed by atoms with Crippen LogP contribution in [0.3, 0.4) is 0 Å². The van der Waals surface area contributed by atoms with Crippen LogP contribution in [-0.4, -0.2) is 41.7 Å². The molecule has 0 saturated carbocycles. The third-order valence-electron chi connectivity index (χ3n) is 4.48. The van der Waals surface area contributed by atoms with Crippen molar-refractivity contribution >= 4 is 29.4 Å². The number of methoxy groups -OCH3 is 1. The van der Waals surface area contributed by atoms with Crippen molar-refractivity contribution in [2.45, 2.75) is 6.42 Å². The number of hydrogen-bond donors (Lipinski definition) is 2.